The van der Waals surface area contributed by atoms with Crippen molar-refractivity contribution in [1.29, 1.82) is 0 Å². The maximum Gasteiger partial charge on any atom is 0.250 e. The Balaban J connectivity index is 2.02. The summed E-state index contributed by atoms with van der Waals surface area (Å²) in [5, 5.41) is 0. The Kier molecular flexibility index (Phi) is 4.47. The van der Waals surface area contributed by atoms with E-state index in [0.717, 1.165) is 11.8 Å². The van der Waals surface area contributed by atoms with E-state index >= 15 is 0 Å². The minimum absolute atomic E-state index is 0.0801. The van der Waals surface area contributed by atoms with Crippen LogP contribution >= 0.6 is 0 Å². The van der Waals surface area contributed by atoms with Crippen molar-refractivity contribution in [3.8, 4) is 5.75 Å². The summed E-state index contributed by atoms with van der Waals surface area (Å²) >= 11 is 0. The molecule has 0 aliphatic heterocycles. The van der Waals surface area contributed by atoms with Gasteiger partial charge in [0, 0.05) is 18.5 Å². The SMILES string of the molecule is Cc1ccn(CCOc2cccc(S(C)(=O)=O)c2)c(=O)c1. The van der Waals surface area contributed by atoms with Gasteiger partial charge in [-0.3, -0.25) is 4.79 Å². The molecule has 1 heterocycles. The van der Waals surface area contributed by atoms with Gasteiger partial charge in [-0.05, 0) is 36.8 Å². The van der Waals surface area contributed by atoms with Crippen LogP contribution in [0.25, 0.3) is 0 Å². The molecule has 2 rings (SSSR count). The Morgan fingerprint density at radius 2 is 1.95 bits per heavy atom. The molecule has 21 heavy (non-hydrogen) atoms. The Bertz CT molecular complexity index is 793. The van der Waals surface area contributed by atoms with Crippen LogP contribution in [0.5, 0.6) is 5.75 Å². The van der Waals surface area contributed by atoms with Gasteiger partial charge in [0.2, 0.25) is 0 Å². The summed E-state index contributed by atoms with van der Waals surface area (Å²) < 4.78 is 30.0. The van der Waals surface area contributed by atoms with Gasteiger partial charge in [-0.2, -0.15) is 0 Å². The fourth-order valence-corrected chi connectivity index (χ4v) is 2.50. The van der Waals surface area contributed by atoms with E-state index in [9.17, 15) is 13.2 Å². The summed E-state index contributed by atoms with van der Waals surface area (Å²) in [6.45, 7) is 2.55. The smallest absolute Gasteiger partial charge is 0.250 e. The number of sulfone groups is 1. The zero-order valence-electron chi connectivity index (χ0n) is 11.9. The van der Waals surface area contributed by atoms with Crippen molar-refractivity contribution < 1.29 is 13.2 Å². The summed E-state index contributed by atoms with van der Waals surface area (Å²) in [7, 11) is -3.25. The topological polar surface area (TPSA) is 65.4 Å². The molecule has 0 aliphatic rings. The lowest BCUT2D eigenvalue weighted by molar-refractivity contribution is 0.295. The molecule has 0 unspecified atom stereocenters. The van der Waals surface area contributed by atoms with Crippen LogP contribution in [0.15, 0.2) is 52.3 Å². The molecular formula is C15H17NO4S. The van der Waals surface area contributed by atoms with Crippen LogP contribution in [0, 0.1) is 6.92 Å². The maximum absolute atomic E-state index is 11.7. The first-order valence-corrected chi connectivity index (χ1v) is 8.35. The summed E-state index contributed by atoms with van der Waals surface area (Å²) in [6.07, 6.45) is 2.87. The van der Waals surface area contributed by atoms with E-state index in [1.807, 2.05) is 13.0 Å². The van der Waals surface area contributed by atoms with Gasteiger partial charge in [0.05, 0.1) is 11.4 Å². The number of pyridine rings is 1. The standard InChI is InChI=1S/C15H17NO4S/c1-12-6-7-16(15(17)10-12)8-9-20-13-4-3-5-14(11-13)21(2,18)19/h3-7,10-11H,8-9H2,1-2H3. The monoisotopic (exact) mass is 307 g/mol. The molecule has 6 heteroatoms. The lowest BCUT2D eigenvalue weighted by Gasteiger charge is -2.09. The predicted molar refractivity (Wildman–Crippen MR) is 80.5 cm³/mol. The van der Waals surface area contributed by atoms with Crippen LogP contribution in [-0.2, 0) is 16.4 Å². The van der Waals surface area contributed by atoms with Crippen LogP contribution in [-0.4, -0.2) is 25.8 Å². The van der Waals surface area contributed by atoms with E-state index in [2.05, 4.69) is 0 Å². The van der Waals surface area contributed by atoms with Crippen molar-refractivity contribution in [2.75, 3.05) is 12.9 Å². The van der Waals surface area contributed by atoms with Crippen LogP contribution in [0.3, 0.4) is 0 Å². The molecule has 112 valence electrons. The summed E-state index contributed by atoms with van der Waals surface area (Å²) in [6, 6.07) is 9.73. The van der Waals surface area contributed by atoms with Gasteiger partial charge >= 0.3 is 0 Å². The van der Waals surface area contributed by atoms with Crippen LogP contribution < -0.4 is 10.3 Å². The van der Waals surface area contributed by atoms with E-state index < -0.39 is 9.84 Å². The normalized spacial score (nSPS) is 11.3. The van der Waals surface area contributed by atoms with Crippen molar-refractivity contribution in [1.82, 2.24) is 4.57 Å². The van der Waals surface area contributed by atoms with Gasteiger partial charge in [-0.25, -0.2) is 8.42 Å². The minimum atomic E-state index is -3.25. The number of aromatic nitrogens is 1. The molecule has 1 aromatic carbocycles. The molecule has 2 aromatic rings. The third kappa shape index (κ3) is 4.19. The average molecular weight is 307 g/mol. The minimum Gasteiger partial charge on any atom is -0.492 e. The van der Waals surface area contributed by atoms with Gasteiger partial charge in [0.1, 0.15) is 12.4 Å². The number of nitrogens with zero attached hydrogens (tertiary/aromatic N) is 1. The fraction of sp³-hybridized carbons (Fsp3) is 0.267. The van der Waals surface area contributed by atoms with Crippen LogP contribution in [0.4, 0.5) is 0 Å². The molecule has 0 spiro atoms. The second-order valence-electron chi connectivity index (χ2n) is 4.83. The molecule has 0 aliphatic carbocycles. The highest BCUT2D eigenvalue weighted by molar-refractivity contribution is 7.90. The fourth-order valence-electron chi connectivity index (χ4n) is 1.85. The number of aryl methyl sites for hydroxylation is 1. The second kappa shape index (κ2) is 6.13. The molecule has 0 bridgehead atoms. The van der Waals surface area contributed by atoms with E-state index in [0.29, 0.717) is 12.3 Å². The van der Waals surface area contributed by atoms with Crippen molar-refractivity contribution in [3.05, 3.63) is 58.5 Å². The number of benzene rings is 1. The number of hydrogen-bond acceptors (Lipinski definition) is 4. The molecule has 0 saturated heterocycles. The molecule has 0 fully saturated rings. The Morgan fingerprint density at radius 3 is 2.62 bits per heavy atom. The second-order valence-corrected chi connectivity index (χ2v) is 6.85. The van der Waals surface area contributed by atoms with Gasteiger partial charge in [0.25, 0.3) is 5.56 Å². The number of ether oxygens (including phenoxy) is 1. The molecule has 0 atom stereocenters. The van der Waals surface area contributed by atoms with Crippen LogP contribution in [0.2, 0.25) is 0 Å². The van der Waals surface area contributed by atoms with Crippen molar-refractivity contribution in [2.24, 2.45) is 0 Å². The maximum atomic E-state index is 11.7. The highest BCUT2D eigenvalue weighted by Crippen LogP contribution is 2.17. The Morgan fingerprint density at radius 1 is 1.19 bits per heavy atom. The summed E-state index contributed by atoms with van der Waals surface area (Å²) in [5.74, 6) is 0.470. The molecule has 0 saturated carbocycles. The zero-order valence-corrected chi connectivity index (χ0v) is 12.8. The molecule has 0 amide bonds. The van der Waals surface area contributed by atoms with Gasteiger partial charge < -0.3 is 9.30 Å². The van der Waals surface area contributed by atoms with Gasteiger partial charge in [-0.1, -0.05) is 6.07 Å². The first-order chi connectivity index (χ1) is 9.86. The lowest BCUT2D eigenvalue weighted by atomic mass is 10.3. The first-order valence-electron chi connectivity index (χ1n) is 6.46. The zero-order chi connectivity index (χ0) is 15.5. The van der Waals surface area contributed by atoms with Crippen molar-refractivity contribution in [2.45, 2.75) is 18.4 Å². The van der Waals surface area contributed by atoms with Crippen molar-refractivity contribution >= 4 is 9.84 Å². The molecule has 0 radical (unpaired) electrons. The number of hydrogen-bond donors (Lipinski definition) is 0. The van der Waals surface area contributed by atoms with Gasteiger partial charge in [-0.15, -0.1) is 0 Å². The van der Waals surface area contributed by atoms with Crippen LogP contribution in [0.1, 0.15) is 5.56 Å². The third-order valence-electron chi connectivity index (χ3n) is 2.99. The van der Waals surface area contributed by atoms with E-state index in [1.165, 1.54) is 12.1 Å². The molecule has 0 N–H and O–H groups in total. The van der Waals surface area contributed by atoms with E-state index in [4.69, 9.17) is 4.74 Å². The molecular weight excluding hydrogens is 290 g/mol. The average Bonchev–Trinajstić information content (AvgIpc) is 2.41. The third-order valence-corrected chi connectivity index (χ3v) is 4.10. The highest BCUT2D eigenvalue weighted by atomic mass is 32.2. The van der Waals surface area contributed by atoms with Gasteiger partial charge in [0.15, 0.2) is 9.84 Å². The quantitative estimate of drug-likeness (QED) is 0.842. The van der Waals surface area contributed by atoms with E-state index in [1.54, 1.807) is 29.0 Å². The molecule has 5 nitrogen and oxygen atoms in total. The Hall–Kier alpha value is -2.08. The number of rotatable bonds is 5. The largest absolute Gasteiger partial charge is 0.492 e. The lowest BCUT2D eigenvalue weighted by Crippen LogP contribution is -2.22. The van der Waals surface area contributed by atoms with E-state index in [-0.39, 0.29) is 17.1 Å². The molecule has 1 aromatic heterocycles. The van der Waals surface area contributed by atoms with Crippen molar-refractivity contribution in [3.63, 3.8) is 0 Å². The summed E-state index contributed by atoms with van der Waals surface area (Å²) in [4.78, 5) is 11.9. The predicted octanol–water partition coefficient (Wildman–Crippen LogP) is 1.64. The Labute approximate surface area is 123 Å². The first kappa shape index (κ1) is 15.3. The highest BCUT2D eigenvalue weighted by Gasteiger charge is 2.07. The summed E-state index contributed by atoms with van der Waals surface area (Å²) in [5.41, 5.74) is 0.835.